The normalized spacial score (nSPS) is 13.6. The van der Waals surface area contributed by atoms with E-state index in [-0.39, 0.29) is 0 Å². The maximum Gasteiger partial charge on any atom is 0.523 e. The predicted molar refractivity (Wildman–Crippen MR) is 23.1 cm³/mol. The van der Waals surface area contributed by atoms with E-state index in [1.807, 2.05) is 0 Å². The van der Waals surface area contributed by atoms with E-state index in [1.54, 1.807) is 0 Å². The molecule has 0 aromatic heterocycles. The second-order valence-corrected chi connectivity index (χ2v) is 2.75. The molecule has 0 atom stereocenters. The van der Waals surface area contributed by atoms with E-state index in [0.29, 0.717) is 0 Å². The zero-order valence-electron chi connectivity index (χ0n) is 4.42. The van der Waals surface area contributed by atoms with Gasteiger partial charge in [-0.1, -0.05) is 0 Å². The summed E-state index contributed by atoms with van der Waals surface area (Å²) >= 11 is 0. The first kappa shape index (κ1) is 9.66. The SMILES string of the molecule is O=S(=O)(OCO)C(F)(F)F. The molecule has 4 nitrogen and oxygen atoms in total. The molecule has 0 aromatic rings. The molecule has 0 aliphatic heterocycles. The van der Waals surface area contributed by atoms with Crippen molar-refractivity contribution >= 4 is 10.1 Å². The van der Waals surface area contributed by atoms with Crippen LogP contribution in [0.3, 0.4) is 0 Å². The van der Waals surface area contributed by atoms with Gasteiger partial charge in [-0.3, -0.25) is 0 Å². The van der Waals surface area contributed by atoms with Gasteiger partial charge in [-0.2, -0.15) is 21.6 Å². The quantitative estimate of drug-likeness (QED) is 0.363. The van der Waals surface area contributed by atoms with Gasteiger partial charge in [0, 0.05) is 0 Å². The Morgan fingerprint density at radius 2 is 1.80 bits per heavy atom. The Kier molecular flexibility index (Phi) is 2.63. The van der Waals surface area contributed by atoms with Crippen molar-refractivity contribution in [3.63, 3.8) is 0 Å². The minimum Gasteiger partial charge on any atom is -0.369 e. The highest BCUT2D eigenvalue weighted by atomic mass is 32.2. The van der Waals surface area contributed by atoms with Crippen molar-refractivity contribution in [1.29, 1.82) is 0 Å². The highest BCUT2D eigenvalue weighted by Crippen LogP contribution is 2.23. The fraction of sp³-hybridized carbons (Fsp3) is 1.00. The van der Waals surface area contributed by atoms with E-state index in [9.17, 15) is 21.6 Å². The summed E-state index contributed by atoms with van der Waals surface area (Å²) < 4.78 is 56.1. The van der Waals surface area contributed by atoms with Crippen LogP contribution in [0, 0.1) is 0 Å². The molecule has 0 aliphatic carbocycles. The Balaban J connectivity index is 4.44. The molecule has 0 bridgehead atoms. The summed E-state index contributed by atoms with van der Waals surface area (Å²) in [5.74, 6) is 0. The number of rotatable bonds is 2. The maximum absolute atomic E-state index is 11.2. The van der Waals surface area contributed by atoms with Crippen molar-refractivity contribution < 1.29 is 30.9 Å². The Bertz CT molecular complexity index is 191. The maximum atomic E-state index is 11.2. The van der Waals surface area contributed by atoms with Crippen LogP contribution in [0.4, 0.5) is 13.2 Å². The molecular weight excluding hydrogens is 177 g/mol. The summed E-state index contributed by atoms with van der Waals surface area (Å²) in [5, 5.41) is 7.66. The minimum atomic E-state index is -5.60. The van der Waals surface area contributed by atoms with Crippen LogP contribution in [0.2, 0.25) is 0 Å². The topological polar surface area (TPSA) is 63.6 Å². The molecule has 0 aromatic carbocycles. The van der Waals surface area contributed by atoms with E-state index in [4.69, 9.17) is 5.11 Å². The smallest absolute Gasteiger partial charge is 0.369 e. The van der Waals surface area contributed by atoms with E-state index < -0.39 is 22.4 Å². The van der Waals surface area contributed by atoms with Crippen LogP contribution < -0.4 is 0 Å². The van der Waals surface area contributed by atoms with E-state index >= 15 is 0 Å². The second kappa shape index (κ2) is 2.72. The Morgan fingerprint density at radius 1 is 1.40 bits per heavy atom. The van der Waals surface area contributed by atoms with Crippen LogP contribution in [-0.4, -0.2) is 25.8 Å². The fourth-order valence-corrected chi connectivity index (χ4v) is 0.409. The van der Waals surface area contributed by atoms with Crippen molar-refractivity contribution in [2.24, 2.45) is 0 Å². The number of halogens is 3. The number of alkyl halides is 3. The standard InChI is InChI=1S/C2H3F3O4S/c3-2(4,5)10(7,8)9-1-6/h6H,1H2. The van der Waals surface area contributed by atoms with Crippen LogP contribution in [-0.2, 0) is 14.3 Å². The van der Waals surface area contributed by atoms with Crippen LogP contribution in [0.15, 0.2) is 0 Å². The van der Waals surface area contributed by atoms with Crippen LogP contribution in [0.5, 0.6) is 0 Å². The number of hydrogen-bond acceptors (Lipinski definition) is 4. The number of aliphatic hydroxyl groups is 1. The van der Waals surface area contributed by atoms with Gasteiger partial charge >= 0.3 is 15.6 Å². The Morgan fingerprint density at radius 3 is 1.90 bits per heavy atom. The third-order valence-electron chi connectivity index (χ3n) is 0.491. The zero-order chi connectivity index (χ0) is 8.41. The molecule has 62 valence electrons. The van der Waals surface area contributed by atoms with Gasteiger partial charge in [-0.05, 0) is 0 Å². The number of hydrogen-bond donors (Lipinski definition) is 1. The van der Waals surface area contributed by atoms with Crippen molar-refractivity contribution in [2.75, 3.05) is 6.79 Å². The average Bonchev–Trinajstić information content (AvgIpc) is 1.61. The predicted octanol–water partition coefficient (Wildman–Crippen LogP) is -0.198. The van der Waals surface area contributed by atoms with Crippen molar-refractivity contribution in [3.8, 4) is 0 Å². The molecular formula is C2H3F3O4S. The fourth-order valence-electron chi connectivity index (χ4n) is 0.136. The lowest BCUT2D eigenvalue weighted by Gasteiger charge is -2.04. The minimum absolute atomic E-state index is 1.51. The van der Waals surface area contributed by atoms with Gasteiger partial charge in [0.15, 0.2) is 6.79 Å². The van der Waals surface area contributed by atoms with E-state index in [1.165, 1.54) is 0 Å². The molecule has 0 saturated heterocycles. The van der Waals surface area contributed by atoms with Gasteiger partial charge in [-0.25, -0.2) is 4.18 Å². The molecule has 0 spiro atoms. The lowest BCUT2D eigenvalue weighted by atomic mass is 11.5. The second-order valence-electron chi connectivity index (χ2n) is 1.15. The first-order valence-corrected chi connectivity index (χ1v) is 3.28. The van der Waals surface area contributed by atoms with Gasteiger partial charge < -0.3 is 5.11 Å². The molecule has 1 N–H and O–H groups in total. The molecule has 0 saturated carbocycles. The molecule has 0 rings (SSSR count). The number of aliphatic hydroxyl groups excluding tert-OH is 1. The highest BCUT2D eigenvalue weighted by molar-refractivity contribution is 7.87. The molecule has 0 radical (unpaired) electrons. The van der Waals surface area contributed by atoms with E-state index in [2.05, 4.69) is 4.18 Å². The lowest BCUT2D eigenvalue weighted by Crippen LogP contribution is -2.25. The van der Waals surface area contributed by atoms with Gasteiger partial charge in [-0.15, -0.1) is 0 Å². The van der Waals surface area contributed by atoms with Crippen LogP contribution in [0.25, 0.3) is 0 Å². The molecule has 10 heavy (non-hydrogen) atoms. The average molecular weight is 180 g/mol. The summed E-state index contributed by atoms with van der Waals surface area (Å²) in [6.07, 6.45) is 0. The molecule has 0 aliphatic rings. The third-order valence-corrected chi connectivity index (χ3v) is 1.47. The summed E-state index contributed by atoms with van der Waals surface area (Å²) in [6.45, 7) is -1.51. The molecule has 0 unspecified atom stereocenters. The molecule has 8 heteroatoms. The van der Waals surface area contributed by atoms with Gasteiger partial charge in [0.25, 0.3) is 0 Å². The Labute approximate surface area is 54.3 Å². The van der Waals surface area contributed by atoms with Crippen LogP contribution in [0.1, 0.15) is 0 Å². The van der Waals surface area contributed by atoms with Crippen LogP contribution >= 0.6 is 0 Å². The molecule has 0 fully saturated rings. The molecule has 0 heterocycles. The van der Waals surface area contributed by atoms with Crippen molar-refractivity contribution in [1.82, 2.24) is 0 Å². The summed E-state index contributed by atoms with van der Waals surface area (Å²) in [5.41, 5.74) is -5.46. The monoisotopic (exact) mass is 180 g/mol. The third kappa shape index (κ3) is 2.12. The van der Waals surface area contributed by atoms with Crippen molar-refractivity contribution in [3.05, 3.63) is 0 Å². The first-order chi connectivity index (χ1) is 4.31. The summed E-state index contributed by atoms with van der Waals surface area (Å²) in [4.78, 5) is 0. The zero-order valence-corrected chi connectivity index (χ0v) is 5.24. The first-order valence-electron chi connectivity index (χ1n) is 1.88. The largest absolute Gasteiger partial charge is 0.523 e. The summed E-state index contributed by atoms with van der Waals surface area (Å²) in [7, 11) is -5.60. The molecule has 0 amide bonds. The van der Waals surface area contributed by atoms with E-state index in [0.717, 1.165) is 0 Å². The van der Waals surface area contributed by atoms with Gasteiger partial charge in [0.2, 0.25) is 0 Å². The summed E-state index contributed by atoms with van der Waals surface area (Å²) in [6, 6.07) is 0. The van der Waals surface area contributed by atoms with Crippen molar-refractivity contribution in [2.45, 2.75) is 5.51 Å². The van der Waals surface area contributed by atoms with Gasteiger partial charge in [0.1, 0.15) is 0 Å². The Hall–Kier alpha value is -0.340. The lowest BCUT2D eigenvalue weighted by molar-refractivity contribution is -0.0601. The highest BCUT2D eigenvalue weighted by Gasteiger charge is 2.47. The van der Waals surface area contributed by atoms with Gasteiger partial charge in [0.05, 0.1) is 0 Å².